The molecule has 0 N–H and O–H groups in total. The summed E-state index contributed by atoms with van der Waals surface area (Å²) in [6.45, 7) is 0.984. The number of likely N-dealkylation sites (tertiary alicyclic amines) is 1. The lowest BCUT2D eigenvalue weighted by molar-refractivity contribution is -0.145. The molecule has 0 radical (unpaired) electrons. The smallest absolute Gasteiger partial charge is 0.166 e. The molecular weight excluding hydrogens is 466 g/mol. The molecule has 6 nitrogen and oxygen atoms in total. The van der Waals surface area contributed by atoms with E-state index in [0.717, 1.165) is 58.7 Å². The summed E-state index contributed by atoms with van der Waals surface area (Å²) in [5.74, 6) is 3.41. The van der Waals surface area contributed by atoms with Crippen LogP contribution in [0.25, 0.3) is 10.8 Å². The fourth-order valence-electron chi connectivity index (χ4n) is 9.04. The van der Waals surface area contributed by atoms with Crippen molar-refractivity contribution >= 4 is 10.8 Å². The van der Waals surface area contributed by atoms with E-state index in [1.807, 2.05) is 0 Å². The van der Waals surface area contributed by atoms with Gasteiger partial charge in [0.2, 0.25) is 0 Å². The quantitative estimate of drug-likeness (QED) is 0.495. The average Bonchev–Trinajstić information content (AvgIpc) is 3.30. The Balaban J connectivity index is 1.62. The van der Waals surface area contributed by atoms with Gasteiger partial charge < -0.3 is 28.6 Å². The first-order chi connectivity index (χ1) is 18.0. The second kappa shape index (κ2) is 6.80. The van der Waals surface area contributed by atoms with Gasteiger partial charge in [-0.25, -0.2) is 0 Å². The van der Waals surface area contributed by atoms with E-state index >= 15 is 0 Å². The van der Waals surface area contributed by atoms with Gasteiger partial charge in [-0.1, -0.05) is 36.4 Å². The monoisotopic (exact) mass is 497 g/mol. The van der Waals surface area contributed by atoms with E-state index in [2.05, 4.69) is 60.5 Å². The number of hydrogen-bond donors (Lipinski definition) is 0. The normalized spacial score (nSPS) is 33.6. The van der Waals surface area contributed by atoms with Crippen molar-refractivity contribution in [3.63, 3.8) is 0 Å². The van der Waals surface area contributed by atoms with Crippen LogP contribution in [0.3, 0.4) is 0 Å². The highest BCUT2D eigenvalue weighted by Crippen LogP contribution is 2.76. The van der Waals surface area contributed by atoms with Crippen LogP contribution in [0.4, 0.5) is 0 Å². The number of benzene rings is 3. The van der Waals surface area contributed by atoms with Crippen molar-refractivity contribution < 1.29 is 23.7 Å². The Morgan fingerprint density at radius 1 is 0.865 bits per heavy atom. The molecule has 190 valence electrons. The number of hydrogen-bond acceptors (Lipinski definition) is 6. The van der Waals surface area contributed by atoms with Crippen molar-refractivity contribution in [2.75, 3.05) is 42.0 Å². The maximum Gasteiger partial charge on any atom is 0.166 e. The lowest BCUT2D eigenvalue weighted by Gasteiger charge is -2.69. The molecule has 2 heterocycles. The summed E-state index contributed by atoms with van der Waals surface area (Å²) in [6.07, 6.45) is 6.30. The summed E-state index contributed by atoms with van der Waals surface area (Å²) in [7, 11) is 9.34. The molecule has 6 aliphatic rings. The minimum absolute atomic E-state index is 0.226. The molecule has 9 rings (SSSR count). The van der Waals surface area contributed by atoms with Crippen molar-refractivity contribution in [3.8, 4) is 23.0 Å². The van der Waals surface area contributed by atoms with Gasteiger partial charge in [0, 0.05) is 46.0 Å². The molecule has 4 bridgehead atoms. The molecule has 6 heteroatoms. The van der Waals surface area contributed by atoms with Crippen LogP contribution in [0.15, 0.2) is 48.6 Å². The Morgan fingerprint density at radius 2 is 1.59 bits per heavy atom. The molecule has 0 amide bonds. The van der Waals surface area contributed by atoms with Gasteiger partial charge in [0.05, 0.1) is 26.7 Å². The summed E-state index contributed by atoms with van der Waals surface area (Å²) in [5, 5.41) is 2.08. The molecular formula is C31H31NO5. The highest BCUT2D eigenvalue weighted by Gasteiger charge is 2.79. The zero-order valence-corrected chi connectivity index (χ0v) is 21.9. The van der Waals surface area contributed by atoms with Crippen molar-refractivity contribution in [1.29, 1.82) is 0 Å². The van der Waals surface area contributed by atoms with Crippen LogP contribution in [0, 0.1) is 0 Å². The van der Waals surface area contributed by atoms with Gasteiger partial charge in [0.1, 0.15) is 17.6 Å². The van der Waals surface area contributed by atoms with Gasteiger partial charge in [-0.3, -0.25) is 0 Å². The molecule has 5 atom stereocenters. The number of fused-ring (bicyclic) bond motifs is 1. The molecule has 1 saturated heterocycles. The van der Waals surface area contributed by atoms with E-state index in [0.29, 0.717) is 0 Å². The van der Waals surface area contributed by atoms with E-state index in [9.17, 15) is 0 Å². The van der Waals surface area contributed by atoms with Gasteiger partial charge in [-0.05, 0) is 44.1 Å². The lowest BCUT2D eigenvalue weighted by atomic mass is 9.37. The van der Waals surface area contributed by atoms with Gasteiger partial charge in [0.15, 0.2) is 17.1 Å². The number of likely N-dealkylation sites (N-methyl/N-ethyl adjacent to an activating group) is 1. The minimum Gasteiger partial charge on any atom is -0.496 e. The minimum atomic E-state index is -0.848. The lowest BCUT2D eigenvalue weighted by Crippen LogP contribution is -2.78. The fraction of sp³-hybridized carbons (Fsp3) is 0.419. The van der Waals surface area contributed by atoms with Crippen LogP contribution in [0.2, 0.25) is 0 Å². The zero-order valence-electron chi connectivity index (χ0n) is 21.9. The maximum absolute atomic E-state index is 7.08. The fourth-order valence-corrected chi connectivity index (χ4v) is 9.04. The Hall–Kier alpha value is -3.22. The Bertz CT molecular complexity index is 1550. The molecule has 0 aromatic heterocycles. The van der Waals surface area contributed by atoms with Crippen LogP contribution < -0.4 is 18.9 Å². The first-order valence-corrected chi connectivity index (χ1v) is 13.0. The number of methoxy groups -OCH3 is 4. The third kappa shape index (κ3) is 2.03. The second-order valence-corrected chi connectivity index (χ2v) is 11.1. The first-order valence-electron chi connectivity index (χ1n) is 13.0. The molecule has 3 aromatic rings. The van der Waals surface area contributed by atoms with Crippen LogP contribution in [-0.4, -0.2) is 59.1 Å². The van der Waals surface area contributed by atoms with Gasteiger partial charge in [-0.15, -0.1) is 0 Å². The Morgan fingerprint density at radius 3 is 2.27 bits per heavy atom. The molecule has 2 aliphatic heterocycles. The molecule has 4 aliphatic carbocycles. The Labute approximate surface area is 216 Å². The van der Waals surface area contributed by atoms with E-state index in [1.54, 1.807) is 28.4 Å². The van der Waals surface area contributed by atoms with E-state index in [1.165, 1.54) is 16.7 Å². The van der Waals surface area contributed by atoms with Crippen molar-refractivity contribution in [1.82, 2.24) is 4.90 Å². The molecule has 37 heavy (non-hydrogen) atoms. The highest BCUT2D eigenvalue weighted by molar-refractivity contribution is 5.98. The molecule has 2 spiro atoms. The zero-order chi connectivity index (χ0) is 25.3. The molecule has 1 fully saturated rings. The molecule has 3 aromatic carbocycles. The topological polar surface area (TPSA) is 49.4 Å². The summed E-state index contributed by atoms with van der Waals surface area (Å²) in [6, 6.07) is 12.9. The van der Waals surface area contributed by atoms with Crippen LogP contribution >= 0.6 is 0 Å². The number of rotatable bonds is 4. The van der Waals surface area contributed by atoms with Gasteiger partial charge in [-0.2, -0.15) is 0 Å². The SMILES string of the molecule is COc1ccc2c3c1O[C@H]1[C@]34CCN(C)[C@H](C2)[C@]42C=C[C@@]1(OC)c1c2c(OC)c2ccccc2c1OC. The summed E-state index contributed by atoms with van der Waals surface area (Å²) in [4.78, 5) is 2.54. The molecule has 0 saturated carbocycles. The standard InChI is InChI=1S/C31H31NO5/c1-32-15-14-30-22-17-10-11-20(33-2)27(22)37-28(30)31(36-5)13-12-29(30,21(32)16-17)23-24(31)26(35-4)19-9-7-6-8-18(19)25(23)34-3/h6-13,21,28H,14-16H2,1-5H3/t21-,28+,29+,30+,31-/m1/s1. The summed E-state index contributed by atoms with van der Waals surface area (Å²) in [5.41, 5.74) is 3.32. The van der Waals surface area contributed by atoms with Crippen LogP contribution in [-0.2, 0) is 27.6 Å². The maximum atomic E-state index is 7.08. The summed E-state index contributed by atoms with van der Waals surface area (Å²) >= 11 is 0. The number of ether oxygens (including phenoxy) is 5. The Kier molecular flexibility index (Phi) is 4.01. The van der Waals surface area contributed by atoms with E-state index < -0.39 is 5.60 Å². The van der Waals surface area contributed by atoms with Gasteiger partial charge >= 0.3 is 0 Å². The largest absolute Gasteiger partial charge is 0.496 e. The van der Waals surface area contributed by atoms with Crippen molar-refractivity contribution in [2.24, 2.45) is 0 Å². The van der Waals surface area contributed by atoms with Gasteiger partial charge in [0.25, 0.3) is 0 Å². The predicted molar refractivity (Wildman–Crippen MR) is 140 cm³/mol. The third-order valence-electron chi connectivity index (χ3n) is 10.3. The predicted octanol–water partition coefficient (Wildman–Crippen LogP) is 4.49. The second-order valence-electron chi connectivity index (χ2n) is 11.1. The number of piperidine rings is 1. The average molecular weight is 498 g/mol. The molecule has 0 unspecified atom stereocenters. The number of nitrogens with zero attached hydrogens (tertiary/aromatic N) is 1. The van der Waals surface area contributed by atoms with E-state index in [4.69, 9.17) is 23.7 Å². The first kappa shape index (κ1) is 21.8. The summed E-state index contributed by atoms with van der Waals surface area (Å²) < 4.78 is 32.2. The van der Waals surface area contributed by atoms with Crippen LogP contribution in [0.1, 0.15) is 28.7 Å². The van der Waals surface area contributed by atoms with Crippen molar-refractivity contribution in [2.45, 2.75) is 41.4 Å². The third-order valence-corrected chi connectivity index (χ3v) is 10.3. The van der Waals surface area contributed by atoms with E-state index in [-0.39, 0.29) is 23.0 Å². The van der Waals surface area contributed by atoms with Crippen LogP contribution in [0.5, 0.6) is 23.0 Å². The highest BCUT2D eigenvalue weighted by atomic mass is 16.6. The van der Waals surface area contributed by atoms with Crippen molar-refractivity contribution in [3.05, 3.63) is 70.8 Å².